The minimum absolute atomic E-state index is 0.141. The number of imidazole rings is 1. The van der Waals surface area contributed by atoms with Crippen molar-refractivity contribution in [1.29, 1.82) is 0 Å². The lowest BCUT2D eigenvalue weighted by molar-refractivity contribution is -0.125. The van der Waals surface area contributed by atoms with Gasteiger partial charge in [0.2, 0.25) is 0 Å². The molecule has 154 valence electrons. The third-order valence-corrected chi connectivity index (χ3v) is 5.29. The van der Waals surface area contributed by atoms with Gasteiger partial charge in [0.1, 0.15) is 11.5 Å². The van der Waals surface area contributed by atoms with Gasteiger partial charge in [-0.3, -0.25) is 9.59 Å². The van der Waals surface area contributed by atoms with Crippen molar-refractivity contribution in [3.05, 3.63) is 65.5 Å². The summed E-state index contributed by atoms with van der Waals surface area (Å²) >= 11 is 5.92. The van der Waals surface area contributed by atoms with E-state index in [-0.39, 0.29) is 18.9 Å². The molecule has 3 amide bonds. The molecule has 0 spiro atoms. The molecule has 4 N–H and O–H groups in total. The topological polar surface area (TPSA) is 121 Å². The van der Waals surface area contributed by atoms with Crippen molar-refractivity contribution in [1.82, 2.24) is 30.5 Å². The smallest absolute Gasteiger partial charge is 0.316 e. The first kappa shape index (κ1) is 19.7. The van der Waals surface area contributed by atoms with Crippen molar-refractivity contribution in [2.24, 2.45) is 7.05 Å². The molecule has 1 saturated heterocycles. The highest BCUT2D eigenvalue weighted by Crippen LogP contribution is 2.24. The minimum Gasteiger partial charge on any atom is -0.357 e. The Kier molecular flexibility index (Phi) is 5.04. The standard InChI is InChI=1S/C20H19ClN6O3/c1-27-7-6-22-18(27)20(16(28)10-24-19(30)26-20)11-25-17(29)15-8-13(9-23-15)12-2-4-14(21)5-3-12/h2-9,23H,10-11H2,1H3,(H,25,29)(H2,24,26,30). The molecule has 1 unspecified atom stereocenters. The highest BCUT2D eigenvalue weighted by molar-refractivity contribution is 6.30. The number of aryl methyl sites for hydroxylation is 1. The number of ketones is 1. The number of urea groups is 1. The molecule has 9 nitrogen and oxygen atoms in total. The number of benzene rings is 1. The van der Waals surface area contributed by atoms with Gasteiger partial charge in [-0.25, -0.2) is 9.78 Å². The van der Waals surface area contributed by atoms with E-state index in [1.165, 1.54) is 6.20 Å². The van der Waals surface area contributed by atoms with Crippen molar-refractivity contribution in [2.75, 3.05) is 13.1 Å². The molecule has 3 aromatic rings. The van der Waals surface area contributed by atoms with E-state index in [0.29, 0.717) is 16.5 Å². The summed E-state index contributed by atoms with van der Waals surface area (Å²) in [6.45, 7) is -0.296. The second-order valence-electron chi connectivity index (χ2n) is 6.99. The molecule has 10 heteroatoms. The molecule has 0 bridgehead atoms. The SMILES string of the molecule is Cn1ccnc1C1(CNC(=O)c2cc(-c3ccc(Cl)cc3)c[nH]2)NC(=O)NCC1=O. The summed E-state index contributed by atoms with van der Waals surface area (Å²) in [5.74, 6) is -0.370. The van der Waals surface area contributed by atoms with E-state index in [1.807, 2.05) is 12.1 Å². The van der Waals surface area contributed by atoms with Gasteiger partial charge in [0.05, 0.1) is 13.1 Å². The number of hydrogen-bond donors (Lipinski definition) is 4. The van der Waals surface area contributed by atoms with Crippen molar-refractivity contribution >= 4 is 29.3 Å². The summed E-state index contributed by atoms with van der Waals surface area (Å²) in [7, 11) is 1.72. The van der Waals surface area contributed by atoms with Gasteiger partial charge in [0.25, 0.3) is 5.91 Å². The summed E-state index contributed by atoms with van der Waals surface area (Å²) in [4.78, 5) is 44.7. The van der Waals surface area contributed by atoms with E-state index in [4.69, 9.17) is 11.6 Å². The Morgan fingerprint density at radius 3 is 2.73 bits per heavy atom. The van der Waals surface area contributed by atoms with Gasteiger partial charge >= 0.3 is 6.03 Å². The average Bonchev–Trinajstić information content (AvgIpc) is 3.39. The van der Waals surface area contributed by atoms with E-state index < -0.39 is 17.5 Å². The predicted molar refractivity (Wildman–Crippen MR) is 110 cm³/mol. The molecule has 1 aliphatic heterocycles. The van der Waals surface area contributed by atoms with E-state index in [0.717, 1.165) is 11.1 Å². The molecule has 1 atom stereocenters. The van der Waals surface area contributed by atoms with Gasteiger partial charge < -0.3 is 25.5 Å². The quantitative estimate of drug-likeness (QED) is 0.495. The number of carbonyl (C=O) groups is 3. The number of aromatic nitrogens is 3. The number of nitrogens with zero attached hydrogens (tertiary/aromatic N) is 2. The van der Waals surface area contributed by atoms with Crippen molar-refractivity contribution in [2.45, 2.75) is 5.54 Å². The van der Waals surface area contributed by atoms with Crippen LogP contribution in [0.3, 0.4) is 0 Å². The van der Waals surface area contributed by atoms with E-state index in [9.17, 15) is 14.4 Å². The Bertz CT molecular complexity index is 1120. The number of H-pyrrole nitrogens is 1. The largest absolute Gasteiger partial charge is 0.357 e. The summed E-state index contributed by atoms with van der Waals surface area (Å²) in [5, 5.41) is 8.46. The van der Waals surface area contributed by atoms with Gasteiger partial charge in [-0.05, 0) is 29.3 Å². The molecular formula is C20H19ClN6O3. The average molecular weight is 427 g/mol. The van der Waals surface area contributed by atoms with Crippen LogP contribution < -0.4 is 16.0 Å². The fourth-order valence-corrected chi connectivity index (χ4v) is 3.57. The van der Waals surface area contributed by atoms with Crippen molar-refractivity contribution in [3.63, 3.8) is 0 Å². The Hall–Kier alpha value is -3.59. The molecule has 0 aliphatic carbocycles. The fraction of sp³-hybridized carbons (Fsp3) is 0.200. The van der Waals surface area contributed by atoms with Gasteiger partial charge in [-0.15, -0.1) is 0 Å². The summed E-state index contributed by atoms with van der Waals surface area (Å²) in [5.41, 5.74) is 0.589. The van der Waals surface area contributed by atoms with Crippen LogP contribution in [-0.2, 0) is 17.4 Å². The third kappa shape index (κ3) is 3.55. The van der Waals surface area contributed by atoms with Crippen LogP contribution in [0.15, 0.2) is 48.9 Å². The minimum atomic E-state index is -1.46. The highest BCUT2D eigenvalue weighted by atomic mass is 35.5. The van der Waals surface area contributed by atoms with Crippen LogP contribution in [0.25, 0.3) is 11.1 Å². The molecule has 2 aromatic heterocycles. The first-order valence-electron chi connectivity index (χ1n) is 9.19. The summed E-state index contributed by atoms with van der Waals surface area (Å²) in [6, 6.07) is 8.45. The number of amides is 3. The molecule has 0 saturated carbocycles. The maximum Gasteiger partial charge on any atom is 0.316 e. The summed E-state index contributed by atoms with van der Waals surface area (Å²) < 4.78 is 1.64. The van der Waals surface area contributed by atoms with Crippen LogP contribution in [0.5, 0.6) is 0 Å². The van der Waals surface area contributed by atoms with Crippen molar-refractivity contribution in [3.8, 4) is 11.1 Å². The second-order valence-corrected chi connectivity index (χ2v) is 7.43. The van der Waals surface area contributed by atoms with Gasteiger partial charge in [0.15, 0.2) is 11.3 Å². The van der Waals surface area contributed by atoms with E-state index >= 15 is 0 Å². The lowest BCUT2D eigenvalue weighted by Gasteiger charge is -2.36. The number of carbonyl (C=O) groups excluding carboxylic acids is 3. The third-order valence-electron chi connectivity index (χ3n) is 5.03. The number of rotatable bonds is 5. The zero-order valence-corrected chi connectivity index (χ0v) is 16.8. The first-order chi connectivity index (χ1) is 14.4. The Morgan fingerprint density at radius 1 is 1.27 bits per heavy atom. The van der Waals surface area contributed by atoms with Gasteiger partial charge in [0, 0.05) is 30.7 Å². The second kappa shape index (κ2) is 7.68. The maximum atomic E-state index is 12.8. The summed E-state index contributed by atoms with van der Waals surface area (Å²) in [6.07, 6.45) is 4.91. The van der Waals surface area contributed by atoms with E-state index in [1.54, 1.807) is 42.2 Å². The molecule has 30 heavy (non-hydrogen) atoms. The number of nitrogens with one attached hydrogen (secondary N) is 4. The number of aromatic amines is 1. The first-order valence-corrected chi connectivity index (χ1v) is 9.56. The Morgan fingerprint density at radius 2 is 2.03 bits per heavy atom. The lowest BCUT2D eigenvalue weighted by Crippen LogP contribution is -2.67. The van der Waals surface area contributed by atoms with E-state index in [2.05, 4.69) is 25.9 Å². The molecular weight excluding hydrogens is 408 g/mol. The van der Waals surface area contributed by atoms with Crippen LogP contribution >= 0.6 is 11.6 Å². The van der Waals surface area contributed by atoms with Gasteiger partial charge in [-0.1, -0.05) is 23.7 Å². The van der Waals surface area contributed by atoms with Crippen LogP contribution in [-0.4, -0.2) is 45.3 Å². The number of Topliss-reactive ketones (excluding diaryl/α,β-unsaturated/α-hetero) is 1. The van der Waals surface area contributed by atoms with Crippen LogP contribution in [0, 0.1) is 0 Å². The zero-order chi connectivity index (χ0) is 21.3. The Balaban J connectivity index is 1.55. The molecule has 1 fully saturated rings. The fourth-order valence-electron chi connectivity index (χ4n) is 3.44. The highest BCUT2D eigenvalue weighted by Gasteiger charge is 2.47. The number of hydrogen-bond acceptors (Lipinski definition) is 4. The predicted octanol–water partition coefficient (Wildman–Crippen LogP) is 1.58. The Labute approximate surface area is 176 Å². The molecule has 0 radical (unpaired) electrons. The van der Waals surface area contributed by atoms with Crippen molar-refractivity contribution < 1.29 is 14.4 Å². The normalized spacial score (nSPS) is 18.6. The lowest BCUT2D eigenvalue weighted by atomic mass is 9.90. The zero-order valence-electron chi connectivity index (χ0n) is 16.0. The molecule has 1 aliphatic rings. The number of halogens is 1. The van der Waals surface area contributed by atoms with Crippen LogP contribution in [0.1, 0.15) is 16.3 Å². The van der Waals surface area contributed by atoms with Crippen LogP contribution in [0.2, 0.25) is 5.02 Å². The monoisotopic (exact) mass is 426 g/mol. The molecule has 4 rings (SSSR count). The maximum absolute atomic E-state index is 12.8. The molecule has 1 aromatic carbocycles. The van der Waals surface area contributed by atoms with Crippen LogP contribution in [0.4, 0.5) is 4.79 Å². The molecule has 3 heterocycles. The van der Waals surface area contributed by atoms with Gasteiger partial charge in [-0.2, -0.15) is 0 Å².